The number of hydrogen-bond donors (Lipinski definition) is 1. The molecule has 2 rings (SSSR count). The van der Waals surface area contributed by atoms with Crippen LogP contribution in [0, 0.1) is 5.92 Å². The van der Waals surface area contributed by atoms with E-state index in [-0.39, 0.29) is 24.4 Å². The maximum absolute atomic E-state index is 12.7. The summed E-state index contributed by atoms with van der Waals surface area (Å²) in [5.41, 5.74) is -0.572. The molecule has 4 heteroatoms. The Morgan fingerprint density at radius 3 is 2.44 bits per heavy atom. The number of hydrogen-bond acceptors (Lipinski definition) is 2. The van der Waals surface area contributed by atoms with E-state index in [1.807, 2.05) is 0 Å². The highest BCUT2D eigenvalue weighted by Gasteiger charge is 2.49. The fourth-order valence-electron chi connectivity index (χ4n) is 3.16. The molecule has 1 N–H and O–H groups in total. The monoisotopic (exact) mass is 252 g/mol. The van der Waals surface area contributed by atoms with Crippen LogP contribution in [-0.2, 0) is 9.59 Å². The lowest BCUT2D eigenvalue weighted by Crippen LogP contribution is -2.67. The van der Waals surface area contributed by atoms with Gasteiger partial charge in [-0.15, -0.1) is 0 Å². The number of carbonyl (C=O) groups excluding carboxylic acids is 2. The zero-order valence-corrected chi connectivity index (χ0v) is 11.7. The minimum absolute atomic E-state index is 0.00616. The Balaban J connectivity index is 2.20. The molecular formula is C14H24N2O2. The molecule has 102 valence electrons. The van der Waals surface area contributed by atoms with Crippen LogP contribution < -0.4 is 5.32 Å². The second-order valence-electron chi connectivity index (χ2n) is 5.90. The van der Waals surface area contributed by atoms with E-state index in [9.17, 15) is 9.59 Å². The van der Waals surface area contributed by atoms with Crippen molar-refractivity contribution in [2.75, 3.05) is 6.54 Å². The third-order valence-electron chi connectivity index (χ3n) is 4.78. The van der Waals surface area contributed by atoms with Gasteiger partial charge in [0.2, 0.25) is 11.8 Å². The number of carbonyl (C=O) groups is 2. The quantitative estimate of drug-likeness (QED) is 0.831. The molecule has 0 aromatic heterocycles. The Hall–Kier alpha value is -1.06. The molecule has 0 aromatic rings. The normalized spacial score (nSPS) is 26.3. The highest BCUT2D eigenvalue weighted by molar-refractivity contribution is 5.98. The molecule has 1 saturated carbocycles. The van der Waals surface area contributed by atoms with Crippen LogP contribution in [0.3, 0.4) is 0 Å². The Morgan fingerprint density at radius 1 is 1.28 bits per heavy atom. The molecule has 1 aliphatic carbocycles. The molecule has 2 aliphatic rings. The lowest BCUT2D eigenvalue weighted by atomic mass is 9.90. The molecular weight excluding hydrogens is 228 g/mol. The van der Waals surface area contributed by atoms with Crippen molar-refractivity contribution in [3.05, 3.63) is 0 Å². The largest absolute Gasteiger partial charge is 0.340 e. The SMILES string of the molecule is CCC(C)C(C)N1CC(=O)NC2(CCCC2)C1=O. The van der Waals surface area contributed by atoms with E-state index in [2.05, 4.69) is 26.1 Å². The first kappa shape index (κ1) is 13.4. The van der Waals surface area contributed by atoms with Gasteiger partial charge >= 0.3 is 0 Å². The molecule has 1 heterocycles. The molecule has 0 bridgehead atoms. The van der Waals surface area contributed by atoms with Crippen LogP contribution in [0.4, 0.5) is 0 Å². The smallest absolute Gasteiger partial charge is 0.249 e. The number of rotatable bonds is 3. The molecule has 1 spiro atoms. The topological polar surface area (TPSA) is 49.4 Å². The summed E-state index contributed by atoms with van der Waals surface area (Å²) in [7, 11) is 0. The van der Waals surface area contributed by atoms with E-state index in [4.69, 9.17) is 0 Å². The molecule has 1 aliphatic heterocycles. The van der Waals surface area contributed by atoms with Crippen molar-refractivity contribution in [2.45, 2.75) is 64.5 Å². The molecule has 2 fully saturated rings. The van der Waals surface area contributed by atoms with Crippen LogP contribution >= 0.6 is 0 Å². The van der Waals surface area contributed by atoms with E-state index >= 15 is 0 Å². The predicted molar refractivity (Wildman–Crippen MR) is 70.0 cm³/mol. The van der Waals surface area contributed by atoms with Crippen LogP contribution in [0.15, 0.2) is 0 Å². The fraction of sp³-hybridized carbons (Fsp3) is 0.857. The maximum Gasteiger partial charge on any atom is 0.249 e. The van der Waals surface area contributed by atoms with E-state index in [0.717, 1.165) is 32.1 Å². The van der Waals surface area contributed by atoms with Gasteiger partial charge in [-0.25, -0.2) is 0 Å². The summed E-state index contributed by atoms with van der Waals surface area (Å²) in [6.07, 6.45) is 4.72. The van der Waals surface area contributed by atoms with Crippen molar-refractivity contribution >= 4 is 11.8 Å². The van der Waals surface area contributed by atoms with Gasteiger partial charge in [-0.3, -0.25) is 9.59 Å². The highest BCUT2D eigenvalue weighted by Crippen LogP contribution is 2.34. The highest BCUT2D eigenvalue weighted by atomic mass is 16.2. The van der Waals surface area contributed by atoms with Crippen molar-refractivity contribution < 1.29 is 9.59 Å². The van der Waals surface area contributed by atoms with Gasteiger partial charge in [-0.05, 0) is 25.7 Å². The maximum atomic E-state index is 12.7. The van der Waals surface area contributed by atoms with Gasteiger partial charge in [0, 0.05) is 6.04 Å². The zero-order valence-electron chi connectivity index (χ0n) is 11.7. The summed E-state index contributed by atoms with van der Waals surface area (Å²) in [5, 5.41) is 2.95. The first-order chi connectivity index (χ1) is 8.50. The average molecular weight is 252 g/mol. The van der Waals surface area contributed by atoms with Crippen LogP contribution in [0.2, 0.25) is 0 Å². The predicted octanol–water partition coefficient (Wildman–Crippen LogP) is 1.69. The van der Waals surface area contributed by atoms with E-state index in [1.165, 1.54) is 0 Å². The molecule has 18 heavy (non-hydrogen) atoms. The number of nitrogens with zero attached hydrogens (tertiary/aromatic N) is 1. The van der Waals surface area contributed by atoms with E-state index in [1.54, 1.807) is 4.90 Å². The number of piperazine rings is 1. The molecule has 1 saturated heterocycles. The molecule has 4 nitrogen and oxygen atoms in total. The Labute approximate surface area is 109 Å². The Morgan fingerprint density at radius 2 is 1.89 bits per heavy atom. The summed E-state index contributed by atoms with van der Waals surface area (Å²) < 4.78 is 0. The third kappa shape index (κ3) is 2.13. The van der Waals surface area contributed by atoms with E-state index in [0.29, 0.717) is 5.92 Å². The van der Waals surface area contributed by atoms with Crippen molar-refractivity contribution in [1.82, 2.24) is 10.2 Å². The summed E-state index contributed by atoms with van der Waals surface area (Å²) in [4.78, 5) is 26.4. The van der Waals surface area contributed by atoms with Gasteiger partial charge in [0.15, 0.2) is 0 Å². The van der Waals surface area contributed by atoms with Crippen molar-refractivity contribution in [2.24, 2.45) is 5.92 Å². The number of amides is 2. The molecule has 2 amide bonds. The second-order valence-corrected chi connectivity index (χ2v) is 5.90. The van der Waals surface area contributed by atoms with Crippen LogP contribution in [0.25, 0.3) is 0 Å². The van der Waals surface area contributed by atoms with Crippen LogP contribution in [0.1, 0.15) is 52.9 Å². The average Bonchev–Trinajstić information content (AvgIpc) is 2.81. The second kappa shape index (κ2) is 4.90. The lowest BCUT2D eigenvalue weighted by molar-refractivity contribution is -0.152. The van der Waals surface area contributed by atoms with Gasteiger partial charge in [-0.2, -0.15) is 0 Å². The van der Waals surface area contributed by atoms with Crippen molar-refractivity contribution in [3.8, 4) is 0 Å². The summed E-state index contributed by atoms with van der Waals surface area (Å²) in [6, 6.07) is 0.144. The third-order valence-corrected chi connectivity index (χ3v) is 4.78. The molecule has 0 aromatic carbocycles. The van der Waals surface area contributed by atoms with Crippen LogP contribution in [0.5, 0.6) is 0 Å². The lowest BCUT2D eigenvalue weighted by Gasteiger charge is -2.43. The van der Waals surface area contributed by atoms with Crippen LogP contribution in [-0.4, -0.2) is 34.8 Å². The van der Waals surface area contributed by atoms with Gasteiger partial charge in [0.25, 0.3) is 0 Å². The summed E-state index contributed by atoms with van der Waals surface area (Å²) in [5.74, 6) is 0.581. The van der Waals surface area contributed by atoms with Gasteiger partial charge in [0.1, 0.15) is 5.54 Å². The molecule has 0 radical (unpaired) electrons. The standard InChI is InChI=1S/C14H24N2O2/c1-4-10(2)11(3)16-9-12(17)15-14(13(16)18)7-5-6-8-14/h10-11H,4-9H2,1-3H3,(H,15,17). The first-order valence-corrected chi connectivity index (χ1v) is 7.12. The summed E-state index contributed by atoms with van der Waals surface area (Å²) in [6.45, 7) is 6.56. The Kier molecular flexibility index (Phi) is 3.64. The molecule has 2 atom stereocenters. The van der Waals surface area contributed by atoms with Gasteiger partial charge in [-0.1, -0.05) is 33.1 Å². The fourth-order valence-corrected chi connectivity index (χ4v) is 3.16. The van der Waals surface area contributed by atoms with Crippen molar-refractivity contribution in [1.29, 1.82) is 0 Å². The number of nitrogens with one attached hydrogen (secondary N) is 1. The summed E-state index contributed by atoms with van der Waals surface area (Å²) >= 11 is 0. The molecule has 2 unspecified atom stereocenters. The minimum atomic E-state index is -0.572. The van der Waals surface area contributed by atoms with Gasteiger partial charge < -0.3 is 10.2 Å². The van der Waals surface area contributed by atoms with Crippen molar-refractivity contribution in [3.63, 3.8) is 0 Å². The zero-order chi connectivity index (χ0) is 13.3. The van der Waals surface area contributed by atoms with Gasteiger partial charge in [0.05, 0.1) is 6.54 Å². The Bertz CT molecular complexity index is 348. The van der Waals surface area contributed by atoms with E-state index < -0.39 is 5.54 Å². The first-order valence-electron chi connectivity index (χ1n) is 7.12. The minimum Gasteiger partial charge on any atom is -0.340 e.